The van der Waals surface area contributed by atoms with E-state index in [0.29, 0.717) is 53.1 Å². The maximum Gasteiger partial charge on any atom is 0.338 e. The van der Waals surface area contributed by atoms with E-state index in [0.717, 1.165) is 70.5 Å². The van der Waals surface area contributed by atoms with Gasteiger partial charge in [-0.1, -0.05) is 98.8 Å². The van der Waals surface area contributed by atoms with Crippen LogP contribution in [0.4, 0.5) is 0 Å². The molecule has 10 heteroatoms. The number of ketones is 2. The van der Waals surface area contributed by atoms with Crippen molar-refractivity contribution in [3.63, 3.8) is 0 Å². The Labute approximate surface area is 367 Å². The molecule has 0 saturated heterocycles. The zero-order valence-electron chi connectivity index (χ0n) is 36.0. The van der Waals surface area contributed by atoms with Crippen LogP contribution >= 0.6 is 0 Å². The summed E-state index contributed by atoms with van der Waals surface area (Å²) in [6.07, 6.45) is 3.63. The van der Waals surface area contributed by atoms with Crippen LogP contribution in [0.5, 0.6) is 0 Å². The summed E-state index contributed by atoms with van der Waals surface area (Å²) in [6, 6.07) is 44.9. The second kappa shape index (κ2) is 20.4. The van der Waals surface area contributed by atoms with E-state index >= 15 is 0 Å². The number of aryl methyl sites for hydroxylation is 2. The zero-order chi connectivity index (χ0) is 44.3. The van der Waals surface area contributed by atoms with Gasteiger partial charge in [0.2, 0.25) is 0 Å². The number of carbonyl (C=O) groups excluding carboxylic acids is 4. The average Bonchev–Trinajstić information content (AvgIpc) is 3.84. The van der Waals surface area contributed by atoms with Crippen LogP contribution in [0.25, 0.3) is 22.1 Å². The molecule has 0 aliphatic carbocycles. The summed E-state index contributed by atoms with van der Waals surface area (Å²) in [6.45, 7) is 7.68. The second-order valence-corrected chi connectivity index (χ2v) is 15.1. The smallest absolute Gasteiger partial charge is 0.338 e. The average molecular weight is 839 g/mol. The summed E-state index contributed by atoms with van der Waals surface area (Å²) in [5.74, 6) is 1.30. The molecule has 0 spiro atoms. The van der Waals surface area contributed by atoms with E-state index in [2.05, 4.69) is 23.0 Å². The van der Waals surface area contributed by atoms with Gasteiger partial charge in [-0.25, -0.2) is 19.6 Å². The first-order chi connectivity index (χ1) is 30.7. The molecule has 8 aromatic rings. The Hall–Kier alpha value is -7.46. The molecule has 0 unspecified atom stereocenters. The molecule has 0 saturated carbocycles. The van der Waals surface area contributed by atoms with Gasteiger partial charge in [0, 0.05) is 48.2 Å². The number of carbonyl (C=O) groups is 4. The molecule has 0 N–H and O–H groups in total. The van der Waals surface area contributed by atoms with Crippen molar-refractivity contribution in [1.29, 1.82) is 0 Å². The quantitative estimate of drug-likeness (QED) is 0.0739. The summed E-state index contributed by atoms with van der Waals surface area (Å²) in [7, 11) is 1.38. The van der Waals surface area contributed by atoms with E-state index in [1.807, 2.05) is 121 Å². The Balaban J connectivity index is 0.000000189. The Morgan fingerprint density at radius 1 is 0.476 bits per heavy atom. The van der Waals surface area contributed by atoms with Crippen molar-refractivity contribution in [2.45, 2.75) is 59.5 Å². The topological polar surface area (TPSA) is 122 Å². The predicted molar refractivity (Wildman–Crippen MR) is 246 cm³/mol. The molecular formula is C53H50N4O6. The number of rotatable bonds is 15. The minimum Gasteiger partial charge on any atom is -0.465 e. The first-order valence-corrected chi connectivity index (χ1v) is 21.3. The maximum atomic E-state index is 12.9. The molecule has 2 aromatic heterocycles. The van der Waals surface area contributed by atoms with Crippen molar-refractivity contribution < 1.29 is 28.7 Å². The number of hydrogen-bond acceptors (Lipinski definition) is 8. The van der Waals surface area contributed by atoms with E-state index in [-0.39, 0.29) is 23.5 Å². The van der Waals surface area contributed by atoms with Crippen molar-refractivity contribution >= 4 is 45.6 Å². The van der Waals surface area contributed by atoms with Crippen LogP contribution < -0.4 is 0 Å². The van der Waals surface area contributed by atoms with Gasteiger partial charge in [0.05, 0.1) is 46.9 Å². The highest BCUT2D eigenvalue weighted by atomic mass is 16.5. The van der Waals surface area contributed by atoms with Gasteiger partial charge in [-0.3, -0.25) is 9.59 Å². The first-order valence-electron chi connectivity index (χ1n) is 21.3. The molecule has 318 valence electrons. The molecule has 8 rings (SSSR count). The number of hydrogen-bond donors (Lipinski definition) is 0. The minimum absolute atomic E-state index is 0.00588. The maximum absolute atomic E-state index is 12.9. The zero-order valence-corrected chi connectivity index (χ0v) is 36.0. The normalized spacial score (nSPS) is 10.9. The van der Waals surface area contributed by atoms with Gasteiger partial charge >= 0.3 is 11.9 Å². The third kappa shape index (κ3) is 10.2. The fraction of sp³-hybridized carbons (Fsp3) is 0.208. The largest absolute Gasteiger partial charge is 0.465 e. The van der Waals surface area contributed by atoms with Crippen molar-refractivity contribution in [3.8, 4) is 0 Å². The Morgan fingerprint density at radius 3 is 1.25 bits per heavy atom. The van der Waals surface area contributed by atoms with Crippen molar-refractivity contribution in [2.24, 2.45) is 0 Å². The Kier molecular flexibility index (Phi) is 14.1. The Bertz CT molecular complexity index is 2860. The predicted octanol–water partition coefficient (Wildman–Crippen LogP) is 10.5. The summed E-state index contributed by atoms with van der Waals surface area (Å²) >= 11 is 0. The van der Waals surface area contributed by atoms with Crippen molar-refractivity contribution in [2.75, 3.05) is 13.7 Å². The molecule has 10 nitrogen and oxygen atoms in total. The van der Waals surface area contributed by atoms with E-state index in [4.69, 9.17) is 19.4 Å². The van der Waals surface area contributed by atoms with Crippen LogP contribution in [0.3, 0.4) is 0 Å². The summed E-state index contributed by atoms with van der Waals surface area (Å²) in [4.78, 5) is 59.0. The van der Waals surface area contributed by atoms with Crippen molar-refractivity contribution in [1.82, 2.24) is 19.1 Å². The van der Waals surface area contributed by atoms with Crippen LogP contribution in [0, 0.1) is 0 Å². The van der Waals surface area contributed by atoms with Gasteiger partial charge in [0.15, 0.2) is 11.6 Å². The van der Waals surface area contributed by atoms with E-state index in [1.54, 1.807) is 31.2 Å². The third-order valence-corrected chi connectivity index (χ3v) is 10.7. The van der Waals surface area contributed by atoms with Gasteiger partial charge < -0.3 is 18.6 Å². The molecule has 0 amide bonds. The minimum atomic E-state index is -0.345. The molecule has 2 heterocycles. The first kappa shape index (κ1) is 43.6. The van der Waals surface area contributed by atoms with E-state index in [9.17, 15) is 19.2 Å². The lowest BCUT2D eigenvalue weighted by atomic mass is 10.0. The van der Waals surface area contributed by atoms with Crippen molar-refractivity contribution in [3.05, 3.63) is 202 Å². The number of fused-ring (bicyclic) bond motifs is 2. The highest BCUT2D eigenvalue weighted by Gasteiger charge is 2.17. The number of imidazole rings is 2. The van der Waals surface area contributed by atoms with Gasteiger partial charge in [-0.2, -0.15) is 0 Å². The molecule has 0 radical (unpaired) electrons. The van der Waals surface area contributed by atoms with E-state index in [1.165, 1.54) is 7.11 Å². The van der Waals surface area contributed by atoms with Crippen LogP contribution in [-0.2, 0) is 35.4 Å². The number of ether oxygens (including phenoxy) is 2. The molecule has 6 aromatic carbocycles. The number of nitrogens with zero attached hydrogens (tertiary/aromatic N) is 4. The van der Waals surface area contributed by atoms with Gasteiger partial charge in [-0.05, 0) is 91.6 Å². The van der Waals surface area contributed by atoms with Crippen LogP contribution in [0.1, 0.15) is 109 Å². The summed E-state index contributed by atoms with van der Waals surface area (Å²) < 4.78 is 14.2. The lowest BCUT2D eigenvalue weighted by Gasteiger charge is -2.10. The highest BCUT2D eigenvalue weighted by molar-refractivity contribution is 6.11. The highest BCUT2D eigenvalue weighted by Crippen LogP contribution is 2.25. The molecule has 0 atom stereocenters. The number of aromatic nitrogens is 4. The number of esters is 2. The monoisotopic (exact) mass is 838 g/mol. The summed E-state index contributed by atoms with van der Waals surface area (Å²) in [5.41, 5.74) is 9.43. The molecule has 0 aliphatic rings. The molecule has 63 heavy (non-hydrogen) atoms. The van der Waals surface area contributed by atoms with Crippen LogP contribution in [-0.4, -0.2) is 56.3 Å². The SMILES string of the molecule is CCCc1nc2cc(C(=O)c3ccccc3)ccc2n1Cc1ccc(C(=O)OC)cc1.CCCc1nc2cc(C(=O)c3ccccc3)ccc2n1Cc1ccc(C(=O)OCC)cc1. The number of methoxy groups -OCH3 is 1. The molecular weight excluding hydrogens is 789 g/mol. The Morgan fingerprint density at radius 2 is 0.873 bits per heavy atom. The summed E-state index contributed by atoms with van der Waals surface area (Å²) in [5, 5.41) is 0. The van der Waals surface area contributed by atoms with Crippen LogP contribution in [0.2, 0.25) is 0 Å². The van der Waals surface area contributed by atoms with Gasteiger partial charge in [-0.15, -0.1) is 0 Å². The lowest BCUT2D eigenvalue weighted by molar-refractivity contribution is 0.0525. The fourth-order valence-electron chi connectivity index (χ4n) is 7.53. The standard InChI is InChI=1S/C27H26N2O3.C26H24N2O3/c1-3-8-25-28-23-17-22(26(30)20-9-6-5-7-10-20)15-16-24(23)29(25)18-19-11-13-21(14-12-19)27(31)32-4-2;1-3-7-24-27-22-16-21(25(29)19-8-5-4-6-9-19)14-15-23(22)28(24)17-18-10-12-20(13-11-18)26(30)31-2/h5-7,9-17H,3-4,8,18H2,1-2H3;4-6,8-16H,3,7,17H2,1-2H3. The second-order valence-electron chi connectivity index (χ2n) is 15.1. The van der Waals surface area contributed by atoms with Gasteiger partial charge in [0.25, 0.3) is 0 Å². The van der Waals surface area contributed by atoms with Gasteiger partial charge in [0.1, 0.15) is 11.6 Å². The third-order valence-electron chi connectivity index (χ3n) is 10.7. The molecule has 0 aliphatic heterocycles. The lowest BCUT2D eigenvalue weighted by Crippen LogP contribution is -2.07. The van der Waals surface area contributed by atoms with Crippen LogP contribution in [0.15, 0.2) is 146 Å². The molecule has 0 fully saturated rings. The fourth-order valence-corrected chi connectivity index (χ4v) is 7.53. The number of benzene rings is 6. The molecule has 0 bridgehead atoms. The van der Waals surface area contributed by atoms with E-state index < -0.39 is 0 Å².